The number of likely N-dealkylation sites (N-methyl/N-ethyl adjacent to an activating group) is 1. The molecule has 0 radical (unpaired) electrons. The lowest BCUT2D eigenvalue weighted by Crippen LogP contribution is -2.29. The molecule has 0 spiro atoms. The van der Waals surface area contributed by atoms with Crippen molar-refractivity contribution in [3.05, 3.63) is 46.1 Å². The summed E-state index contributed by atoms with van der Waals surface area (Å²) in [5, 5.41) is 8.24. The van der Waals surface area contributed by atoms with Crippen molar-refractivity contribution in [1.29, 1.82) is 5.41 Å². The smallest absolute Gasteiger partial charge is 0.176 e. The molecule has 29 heavy (non-hydrogen) atoms. The highest BCUT2D eigenvalue weighted by Gasteiger charge is 2.60. The predicted octanol–water partition coefficient (Wildman–Crippen LogP) is 4.59. The van der Waals surface area contributed by atoms with Crippen LogP contribution in [0.4, 0.5) is 0 Å². The van der Waals surface area contributed by atoms with Crippen molar-refractivity contribution >= 4 is 39.9 Å². The Kier molecular flexibility index (Phi) is 7.82. The van der Waals surface area contributed by atoms with Crippen LogP contribution < -0.4 is 0 Å². The highest BCUT2D eigenvalue weighted by Crippen LogP contribution is 2.59. The molecule has 1 aromatic rings. The van der Waals surface area contributed by atoms with E-state index < -0.39 is 0 Å². The van der Waals surface area contributed by atoms with Crippen LogP contribution in [0, 0.1) is 11.3 Å². The minimum Gasteiger partial charge on any atom is -0.443 e. The largest absolute Gasteiger partial charge is 0.443 e. The lowest BCUT2D eigenvalue weighted by Gasteiger charge is -2.22. The van der Waals surface area contributed by atoms with Crippen LogP contribution in [0.15, 0.2) is 45.6 Å². The Hall–Kier alpha value is -1.31. The van der Waals surface area contributed by atoms with E-state index in [2.05, 4.69) is 50.1 Å². The van der Waals surface area contributed by atoms with Crippen LogP contribution in [0.25, 0.3) is 0 Å². The number of likely N-dealkylation sites (tertiary alicyclic amines) is 1. The van der Waals surface area contributed by atoms with Gasteiger partial charge in [0.15, 0.2) is 18.0 Å². The van der Waals surface area contributed by atoms with Gasteiger partial charge in [0.1, 0.15) is 0 Å². The summed E-state index contributed by atoms with van der Waals surface area (Å²) in [5.41, 5.74) is 1.94. The van der Waals surface area contributed by atoms with Gasteiger partial charge in [-0.1, -0.05) is 28.1 Å². The Morgan fingerprint density at radius 2 is 2.21 bits per heavy atom. The summed E-state index contributed by atoms with van der Waals surface area (Å²) in [6.45, 7) is 5.48. The molecule has 1 saturated heterocycles. The molecular formula is C22H31BrN4OS. The lowest BCUT2D eigenvalue weighted by atomic mass is 9.95. The maximum Gasteiger partial charge on any atom is 0.176 e. The number of halogens is 1. The monoisotopic (exact) mass is 478 g/mol. The standard InChI is InChI=1S/C22H31BrN4OS/c1-4-20(28-15-25-2)21(24)26(3)16-29-11-5-10-27-13-18-12-22(18,14-27)17-6-8-19(23)9-7-17/h4,6-9,15,18,24H,5,10-14,16H2,1-3H3/b20-4+,24-21?,25-15?/t18-,22+/m1/s1. The molecule has 0 amide bonds. The zero-order chi connectivity index (χ0) is 20.9. The van der Waals surface area contributed by atoms with E-state index in [0.29, 0.717) is 17.0 Å². The van der Waals surface area contributed by atoms with Crippen molar-refractivity contribution < 1.29 is 4.74 Å². The fraction of sp³-hybridized carbons (Fsp3) is 0.545. The Morgan fingerprint density at radius 1 is 1.45 bits per heavy atom. The van der Waals surface area contributed by atoms with Gasteiger partial charge in [0.25, 0.3) is 0 Å². The van der Waals surface area contributed by atoms with E-state index in [1.165, 1.54) is 44.4 Å². The number of thioether (sulfide) groups is 1. The Balaban J connectivity index is 1.35. The SMILES string of the molecule is C/C=C(/OC=NC)C(=N)N(C)CSCCCN1C[C@H]2C[C@@]2(c2ccc(Br)cc2)C1. The maximum atomic E-state index is 8.24. The van der Waals surface area contributed by atoms with Crippen LogP contribution >= 0.6 is 27.7 Å². The van der Waals surface area contributed by atoms with Crippen LogP contribution in [-0.2, 0) is 10.2 Å². The Morgan fingerprint density at radius 3 is 2.90 bits per heavy atom. The second-order valence-corrected chi connectivity index (χ2v) is 9.86. The second-order valence-electron chi connectivity index (χ2n) is 7.87. The molecule has 0 bridgehead atoms. The van der Waals surface area contributed by atoms with Gasteiger partial charge < -0.3 is 14.5 Å². The van der Waals surface area contributed by atoms with Crippen LogP contribution in [0.2, 0.25) is 0 Å². The van der Waals surface area contributed by atoms with Crippen LogP contribution in [0.3, 0.4) is 0 Å². The molecule has 2 atom stereocenters. The van der Waals surface area contributed by atoms with Crippen LogP contribution in [0.1, 0.15) is 25.3 Å². The van der Waals surface area contributed by atoms with Crippen molar-refractivity contribution in [3.8, 4) is 0 Å². The van der Waals surface area contributed by atoms with Gasteiger partial charge in [0.05, 0.1) is 5.88 Å². The van der Waals surface area contributed by atoms with E-state index in [0.717, 1.165) is 22.0 Å². The molecule has 0 unspecified atom stereocenters. The highest BCUT2D eigenvalue weighted by atomic mass is 79.9. The third-order valence-corrected chi connectivity index (χ3v) is 7.52. The van der Waals surface area contributed by atoms with E-state index in [4.69, 9.17) is 10.1 Å². The predicted molar refractivity (Wildman–Crippen MR) is 127 cm³/mol. The van der Waals surface area contributed by atoms with Gasteiger partial charge in [-0.2, -0.15) is 0 Å². The molecule has 7 heteroatoms. The number of hydrogen-bond donors (Lipinski definition) is 1. The fourth-order valence-electron chi connectivity index (χ4n) is 4.20. The van der Waals surface area contributed by atoms with Crippen molar-refractivity contribution in [2.24, 2.45) is 10.9 Å². The molecule has 158 valence electrons. The first-order chi connectivity index (χ1) is 14.0. The molecule has 3 rings (SSSR count). The summed E-state index contributed by atoms with van der Waals surface area (Å²) in [6, 6.07) is 8.94. The number of aliphatic imine (C=N–C) groups is 1. The number of rotatable bonds is 10. The first kappa shape index (κ1) is 22.4. The van der Waals surface area contributed by atoms with E-state index in [-0.39, 0.29) is 0 Å². The average molecular weight is 479 g/mol. The number of nitrogens with one attached hydrogen (secondary N) is 1. The first-order valence-electron chi connectivity index (χ1n) is 10.1. The molecule has 1 N–H and O–H groups in total. The van der Waals surface area contributed by atoms with Gasteiger partial charge in [0, 0.05) is 37.1 Å². The number of nitrogens with zero attached hydrogens (tertiary/aromatic N) is 3. The van der Waals surface area contributed by atoms with E-state index in [1.54, 1.807) is 13.1 Å². The van der Waals surface area contributed by atoms with Crippen molar-refractivity contribution in [2.45, 2.75) is 25.2 Å². The molecule has 5 nitrogen and oxygen atoms in total. The average Bonchev–Trinajstić information content (AvgIpc) is 3.29. The number of ether oxygens (including phenoxy) is 1. The molecular weight excluding hydrogens is 448 g/mol. The van der Waals surface area contributed by atoms with Gasteiger partial charge in [-0.3, -0.25) is 10.4 Å². The van der Waals surface area contributed by atoms with Crippen LogP contribution in [-0.4, -0.2) is 67.4 Å². The molecule has 0 aromatic heterocycles. The Labute approximate surface area is 187 Å². The summed E-state index contributed by atoms with van der Waals surface area (Å²) < 4.78 is 6.53. The van der Waals surface area contributed by atoms with E-state index in [1.807, 2.05) is 30.6 Å². The quantitative estimate of drug-likeness (QED) is 0.175. The third kappa shape index (κ3) is 5.44. The number of hydrogen-bond acceptors (Lipinski definition) is 5. The lowest BCUT2D eigenvalue weighted by molar-refractivity contribution is 0.299. The summed E-state index contributed by atoms with van der Waals surface area (Å²) in [7, 11) is 3.59. The zero-order valence-electron chi connectivity index (χ0n) is 17.5. The third-order valence-electron chi connectivity index (χ3n) is 5.85. The summed E-state index contributed by atoms with van der Waals surface area (Å²) in [4.78, 5) is 8.36. The van der Waals surface area contributed by atoms with Crippen molar-refractivity contribution in [1.82, 2.24) is 9.80 Å². The molecule has 2 aliphatic rings. The molecule has 1 heterocycles. The van der Waals surface area contributed by atoms with Gasteiger partial charge in [-0.25, -0.2) is 0 Å². The topological polar surface area (TPSA) is 51.9 Å². The number of benzene rings is 1. The van der Waals surface area contributed by atoms with Crippen molar-refractivity contribution in [2.75, 3.05) is 45.4 Å². The molecule has 1 aromatic carbocycles. The minimum atomic E-state index is 0.385. The van der Waals surface area contributed by atoms with Crippen molar-refractivity contribution in [3.63, 3.8) is 0 Å². The Bertz CT molecular complexity index is 767. The van der Waals surface area contributed by atoms with Gasteiger partial charge in [-0.05, 0) is 61.8 Å². The molecule has 1 saturated carbocycles. The fourth-order valence-corrected chi connectivity index (χ4v) is 5.33. The van der Waals surface area contributed by atoms with Gasteiger partial charge >= 0.3 is 0 Å². The number of allylic oxidation sites excluding steroid dienone is 1. The van der Waals surface area contributed by atoms with Crippen LogP contribution in [0.5, 0.6) is 0 Å². The maximum absolute atomic E-state index is 8.24. The first-order valence-corrected chi connectivity index (χ1v) is 12.0. The highest BCUT2D eigenvalue weighted by molar-refractivity contribution is 9.10. The molecule has 1 aliphatic heterocycles. The van der Waals surface area contributed by atoms with E-state index in [9.17, 15) is 0 Å². The van der Waals surface area contributed by atoms with Gasteiger partial charge in [-0.15, -0.1) is 11.8 Å². The number of fused-ring (bicyclic) bond motifs is 1. The summed E-state index contributed by atoms with van der Waals surface area (Å²) in [5.74, 6) is 3.65. The normalized spacial score (nSPS) is 24.0. The molecule has 1 aliphatic carbocycles. The van der Waals surface area contributed by atoms with Gasteiger partial charge in [0.2, 0.25) is 0 Å². The zero-order valence-corrected chi connectivity index (χ0v) is 19.9. The molecule has 2 fully saturated rings. The second kappa shape index (κ2) is 10.1. The number of amidine groups is 1. The van der Waals surface area contributed by atoms with E-state index >= 15 is 0 Å². The summed E-state index contributed by atoms with van der Waals surface area (Å²) in [6.07, 6.45) is 5.70. The summed E-state index contributed by atoms with van der Waals surface area (Å²) >= 11 is 5.41. The number of piperidine rings is 1. The minimum absolute atomic E-state index is 0.385.